The van der Waals surface area contributed by atoms with Crippen molar-refractivity contribution in [1.29, 1.82) is 0 Å². The molecule has 0 unspecified atom stereocenters. The Labute approximate surface area is 196 Å². The zero-order valence-electron chi connectivity index (χ0n) is 19.6. The second-order valence-corrected chi connectivity index (χ2v) is 10.6. The van der Waals surface area contributed by atoms with Crippen molar-refractivity contribution in [2.75, 3.05) is 37.7 Å². The topological polar surface area (TPSA) is 99.2 Å². The zero-order chi connectivity index (χ0) is 24.2. The number of ether oxygens (including phenoxy) is 1. The summed E-state index contributed by atoms with van der Waals surface area (Å²) in [4.78, 5) is 17.2. The first-order valence-corrected chi connectivity index (χ1v) is 12.9. The maximum Gasteiger partial charge on any atom is 0.258 e. The first-order valence-electron chi connectivity index (χ1n) is 11.0. The third kappa shape index (κ3) is 6.69. The molecule has 0 spiro atoms. The number of benzene rings is 2. The fourth-order valence-electron chi connectivity index (χ4n) is 3.98. The third-order valence-corrected chi connectivity index (χ3v) is 6.36. The summed E-state index contributed by atoms with van der Waals surface area (Å²) in [5.41, 5.74) is 1.75. The molecule has 9 heteroatoms. The highest BCUT2D eigenvalue weighted by molar-refractivity contribution is 7.92. The smallest absolute Gasteiger partial charge is 0.258 e. The van der Waals surface area contributed by atoms with Crippen LogP contribution in [-0.2, 0) is 16.6 Å². The van der Waals surface area contributed by atoms with Crippen molar-refractivity contribution in [3.8, 4) is 5.75 Å². The summed E-state index contributed by atoms with van der Waals surface area (Å²) in [6.45, 7) is 5.46. The van der Waals surface area contributed by atoms with E-state index in [1.165, 1.54) is 11.6 Å². The highest BCUT2D eigenvalue weighted by atomic mass is 32.2. The van der Waals surface area contributed by atoms with Gasteiger partial charge in [0.15, 0.2) is 0 Å². The maximum absolute atomic E-state index is 13.4. The SMILES string of the molecule is C[C@@H]1CN([C@@H](C)CO)C(=O)c2cc(NS(C)(=O)=O)ccc2O[C@H]1CN(C)Cc1ccccc1. The molecule has 2 N–H and O–H groups in total. The number of rotatable bonds is 8. The molecule has 2 aromatic carbocycles. The van der Waals surface area contributed by atoms with Gasteiger partial charge in [-0.1, -0.05) is 37.3 Å². The number of aliphatic hydroxyl groups is 1. The van der Waals surface area contributed by atoms with Gasteiger partial charge in [0.1, 0.15) is 11.9 Å². The van der Waals surface area contributed by atoms with Crippen LogP contribution in [0.3, 0.4) is 0 Å². The molecule has 0 fully saturated rings. The van der Waals surface area contributed by atoms with Crippen LogP contribution < -0.4 is 9.46 Å². The Morgan fingerprint density at radius 1 is 1.24 bits per heavy atom. The van der Waals surface area contributed by atoms with E-state index >= 15 is 0 Å². The standard InChI is InChI=1S/C24H33N3O5S/c1-17-13-27(18(2)16-28)24(29)21-12-20(25-33(4,30)31)10-11-22(21)32-23(17)15-26(3)14-19-8-6-5-7-9-19/h5-12,17-18,23,25,28H,13-16H2,1-4H3/t17-,18+,23+/m1/s1. The van der Waals surface area contributed by atoms with Crippen LogP contribution in [0.2, 0.25) is 0 Å². The fraction of sp³-hybridized carbons (Fsp3) is 0.458. The molecule has 33 heavy (non-hydrogen) atoms. The molecular weight excluding hydrogens is 442 g/mol. The van der Waals surface area contributed by atoms with Crippen molar-refractivity contribution < 1.29 is 23.1 Å². The summed E-state index contributed by atoms with van der Waals surface area (Å²) in [5.74, 6) is 0.105. The number of likely N-dealkylation sites (N-methyl/N-ethyl adjacent to an activating group) is 1. The first kappa shape index (κ1) is 25.0. The largest absolute Gasteiger partial charge is 0.488 e. The summed E-state index contributed by atoms with van der Waals surface area (Å²) >= 11 is 0. The molecule has 0 aliphatic carbocycles. The molecule has 8 nitrogen and oxygen atoms in total. The second-order valence-electron chi connectivity index (χ2n) is 8.89. The van der Waals surface area contributed by atoms with E-state index in [9.17, 15) is 18.3 Å². The van der Waals surface area contributed by atoms with Crippen LogP contribution in [-0.4, -0.2) is 74.4 Å². The quantitative estimate of drug-likeness (QED) is 0.608. The summed E-state index contributed by atoms with van der Waals surface area (Å²) in [6, 6.07) is 14.5. The molecule has 180 valence electrons. The number of nitrogens with zero attached hydrogens (tertiary/aromatic N) is 2. The lowest BCUT2D eigenvalue weighted by Gasteiger charge is -2.38. The predicted molar refractivity (Wildman–Crippen MR) is 129 cm³/mol. The lowest BCUT2D eigenvalue weighted by Crippen LogP contribution is -2.49. The molecule has 2 aromatic rings. The van der Waals surface area contributed by atoms with Gasteiger partial charge in [-0.3, -0.25) is 14.4 Å². The zero-order valence-corrected chi connectivity index (χ0v) is 20.4. The van der Waals surface area contributed by atoms with Crippen LogP contribution >= 0.6 is 0 Å². The minimum absolute atomic E-state index is 0.00291. The summed E-state index contributed by atoms with van der Waals surface area (Å²) in [5, 5.41) is 9.76. The third-order valence-electron chi connectivity index (χ3n) is 5.75. The van der Waals surface area contributed by atoms with E-state index in [4.69, 9.17) is 4.74 Å². The van der Waals surface area contributed by atoms with E-state index in [0.717, 1.165) is 12.8 Å². The van der Waals surface area contributed by atoms with Gasteiger partial charge in [0.25, 0.3) is 5.91 Å². The Morgan fingerprint density at radius 2 is 1.94 bits per heavy atom. The average molecular weight is 476 g/mol. The van der Waals surface area contributed by atoms with Gasteiger partial charge in [-0.25, -0.2) is 8.42 Å². The number of nitrogens with one attached hydrogen (secondary N) is 1. The first-order chi connectivity index (χ1) is 15.6. The fourth-order valence-corrected chi connectivity index (χ4v) is 4.54. The molecule has 1 aliphatic rings. The van der Waals surface area contributed by atoms with Crippen LogP contribution in [0.1, 0.15) is 29.8 Å². The molecule has 0 saturated carbocycles. The van der Waals surface area contributed by atoms with Gasteiger partial charge in [-0.05, 0) is 37.7 Å². The van der Waals surface area contributed by atoms with E-state index in [2.05, 4.69) is 21.8 Å². The van der Waals surface area contributed by atoms with Gasteiger partial charge in [0, 0.05) is 31.2 Å². The predicted octanol–water partition coefficient (Wildman–Crippen LogP) is 2.41. The van der Waals surface area contributed by atoms with E-state index < -0.39 is 10.0 Å². The van der Waals surface area contributed by atoms with E-state index in [1.807, 2.05) is 32.2 Å². The highest BCUT2D eigenvalue weighted by Crippen LogP contribution is 2.31. The van der Waals surface area contributed by atoms with Crippen LogP contribution in [0.25, 0.3) is 0 Å². The molecule has 1 aliphatic heterocycles. The summed E-state index contributed by atoms with van der Waals surface area (Å²) < 4.78 is 32.1. The van der Waals surface area contributed by atoms with Gasteiger partial charge < -0.3 is 14.7 Å². The van der Waals surface area contributed by atoms with Gasteiger partial charge in [0.05, 0.1) is 24.5 Å². The van der Waals surface area contributed by atoms with Crippen LogP contribution in [0, 0.1) is 5.92 Å². The molecule has 3 atom stereocenters. The number of fused-ring (bicyclic) bond motifs is 1. The number of carbonyl (C=O) groups excluding carboxylic acids is 1. The lowest BCUT2D eigenvalue weighted by molar-refractivity contribution is 0.0341. The molecule has 0 bridgehead atoms. The number of sulfonamides is 1. The minimum atomic E-state index is -3.50. The van der Waals surface area contributed by atoms with E-state index in [1.54, 1.807) is 24.0 Å². The van der Waals surface area contributed by atoms with Crippen LogP contribution in [0.4, 0.5) is 5.69 Å². The summed E-state index contributed by atoms with van der Waals surface area (Å²) in [6.07, 6.45) is 0.843. The van der Waals surface area contributed by atoms with Gasteiger partial charge in [0.2, 0.25) is 10.0 Å². The number of aliphatic hydroxyl groups excluding tert-OH is 1. The van der Waals surface area contributed by atoms with Crippen LogP contribution in [0.5, 0.6) is 5.75 Å². The second kappa shape index (κ2) is 10.5. The van der Waals surface area contributed by atoms with Gasteiger partial charge >= 0.3 is 0 Å². The Balaban J connectivity index is 1.91. The number of carbonyl (C=O) groups is 1. The number of hydrogen-bond donors (Lipinski definition) is 2. The molecule has 1 amide bonds. The number of amides is 1. The molecular formula is C24H33N3O5S. The summed E-state index contributed by atoms with van der Waals surface area (Å²) in [7, 11) is -1.47. The van der Waals surface area contributed by atoms with Crippen molar-refractivity contribution in [3.63, 3.8) is 0 Å². The minimum Gasteiger partial charge on any atom is -0.488 e. The Kier molecular flexibility index (Phi) is 7.99. The molecule has 1 heterocycles. The van der Waals surface area contributed by atoms with Crippen molar-refractivity contribution >= 4 is 21.6 Å². The number of anilines is 1. The van der Waals surface area contributed by atoms with Gasteiger partial charge in [-0.15, -0.1) is 0 Å². The lowest BCUT2D eigenvalue weighted by atomic mass is 9.99. The maximum atomic E-state index is 13.4. The highest BCUT2D eigenvalue weighted by Gasteiger charge is 2.33. The molecule has 0 saturated heterocycles. The molecule has 0 aromatic heterocycles. The Hall–Kier alpha value is -2.62. The van der Waals surface area contributed by atoms with E-state index in [0.29, 0.717) is 18.8 Å². The average Bonchev–Trinajstić information content (AvgIpc) is 2.75. The molecule has 3 rings (SSSR count). The monoisotopic (exact) mass is 475 g/mol. The van der Waals surface area contributed by atoms with E-state index in [-0.39, 0.29) is 41.8 Å². The van der Waals surface area contributed by atoms with Crippen molar-refractivity contribution in [1.82, 2.24) is 9.80 Å². The molecule has 0 radical (unpaired) electrons. The van der Waals surface area contributed by atoms with Crippen molar-refractivity contribution in [2.24, 2.45) is 5.92 Å². The Morgan fingerprint density at radius 3 is 2.58 bits per heavy atom. The normalized spacial score (nSPS) is 19.9. The van der Waals surface area contributed by atoms with Crippen LogP contribution in [0.15, 0.2) is 48.5 Å². The Bertz CT molecular complexity index is 1060. The number of hydrogen-bond acceptors (Lipinski definition) is 6. The van der Waals surface area contributed by atoms with Crippen molar-refractivity contribution in [3.05, 3.63) is 59.7 Å². The van der Waals surface area contributed by atoms with Gasteiger partial charge in [-0.2, -0.15) is 0 Å². The van der Waals surface area contributed by atoms with Crippen molar-refractivity contribution in [2.45, 2.75) is 32.5 Å².